The van der Waals surface area contributed by atoms with E-state index < -0.39 is 5.97 Å². The Labute approximate surface area is 106 Å². The lowest BCUT2D eigenvalue weighted by Crippen LogP contribution is -2.07. The molecular weight excluding hydrogens is 232 g/mol. The number of ether oxygens (including phenoxy) is 1. The van der Waals surface area contributed by atoms with Gasteiger partial charge in [-0.3, -0.25) is 0 Å². The lowest BCUT2D eigenvalue weighted by molar-refractivity contribution is -0.138. The van der Waals surface area contributed by atoms with E-state index in [0.717, 1.165) is 5.56 Å². The van der Waals surface area contributed by atoms with Crippen LogP contribution in [0.25, 0.3) is 0 Å². The third-order valence-corrected chi connectivity index (χ3v) is 2.08. The van der Waals surface area contributed by atoms with Crippen LogP contribution in [0, 0.1) is 6.92 Å². The van der Waals surface area contributed by atoms with E-state index in [0.29, 0.717) is 5.69 Å². The number of allylic oxidation sites excluding steroid dienone is 1. The maximum atomic E-state index is 11.5. The smallest absolute Gasteiger partial charge is 0.362 e. The number of aryl methyl sites for hydroxylation is 1. The average Bonchev–Trinajstić information content (AvgIpc) is 2.29. The zero-order valence-corrected chi connectivity index (χ0v) is 10.7. The van der Waals surface area contributed by atoms with Crippen molar-refractivity contribution >= 4 is 11.7 Å². The fourth-order valence-electron chi connectivity index (χ4n) is 1.26. The molecule has 1 rings (SSSR count). The molecule has 0 aliphatic rings. The molecule has 0 aromatic heterocycles. The molecule has 0 spiro atoms. The second-order valence-corrected chi connectivity index (χ2v) is 3.69. The number of hydrogen-bond acceptors (Lipinski definition) is 5. The summed E-state index contributed by atoms with van der Waals surface area (Å²) >= 11 is 0. The van der Waals surface area contributed by atoms with Gasteiger partial charge in [0, 0.05) is 0 Å². The Bertz CT molecular complexity index is 489. The molecule has 1 N–H and O–H groups in total. The number of aliphatic hydroxyl groups excluding tert-OH is 1. The van der Waals surface area contributed by atoms with E-state index in [1.54, 1.807) is 13.0 Å². The van der Waals surface area contributed by atoms with Crippen LogP contribution in [0.1, 0.15) is 19.4 Å². The number of esters is 1. The van der Waals surface area contributed by atoms with E-state index in [1.165, 1.54) is 6.92 Å². The Balaban J connectivity index is 2.92. The first kappa shape index (κ1) is 13.9. The highest BCUT2D eigenvalue weighted by atomic mass is 16.5. The van der Waals surface area contributed by atoms with E-state index >= 15 is 0 Å². The van der Waals surface area contributed by atoms with Gasteiger partial charge < -0.3 is 9.84 Å². The third-order valence-electron chi connectivity index (χ3n) is 2.08. The van der Waals surface area contributed by atoms with Gasteiger partial charge >= 0.3 is 5.97 Å². The molecule has 0 aliphatic heterocycles. The largest absolute Gasteiger partial charge is 0.510 e. The van der Waals surface area contributed by atoms with Crippen LogP contribution in [0.2, 0.25) is 0 Å². The van der Waals surface area contributed by atoms with Crippen LogP contribution in [-0.4, -0.2) is 17.7 Å². The number of benzene rings is 1. The molecular formula is C13H16N2O3. The van der Waals surface area contributed by atoms with Crippen molar-refractivity contribution in [3.05, 3.63) is 41.3 Å². The summed E-state index contributed by atoms with van der Waals surface area (Å²) in [5, 5.41) is 17.0. The highest BCUT2D eigenvalue weighted by Crippen LogP contribution is 2.16. The summed E-state index contributed by atoms with van der Waals surface area (Å²) in [6.45, 7) is 5.19. The van der Waals surface area contributed by atoms with Crippen molar-refractivity contribution < 1.29 is 14.6 Å². The van der Waals surface area contributed by atoms with Crippen LogP contribution in [0.3, 0.4) is 0 Å². The zero-order chi connectivity index (χ0) is 13.5. The first-order valence-electron chi connectivity index (χ1n) is 5.60. The maximum Gasteiger partial charge on any atom is 0.362 e. The molecule has 5 heteroatoms. The number of rotatable bonds is 4. The minimum Gasteiger partial charge on any atom is -0.510 e. The van der Waals surface area contributed by atoms with Gasteiger partial charge in [0.15, 0.2) is 0 Å². The maximum absolute atomic E-state index is 11.5. The minimum atomic E-state index is -0.686. The summed E-state index contributed by atoms with van der Waals surface area (Å²) in [5.74, 6) is -0.904. The molecule has 96 valence electrons. The zero-order valence-electron chi connectivity index (χ0n) is 10.7. The van der Waals surface area contributed by atoms with Crippen LogP contribution < -0.4 is 0 Å². The van der Waals surface area contributed by atoms with E-state index in [-0.39, 0.29) is 18.1 Å². The Morgan fingerprint density at radius 1 is 1.44 bits per heavy atom. The first-order valence-corrected chi connectivity index (χ1v) is 5.60. The van der Waals surface area contributed by atoms with Gasteiger partial charge in [0.05, 0.1) is 12.3 Å². The molecule has 0 fully saturated rings. The number of carbonyl (C=O) groups excluding carboxylic acids is 1. The van der Waals surface area contributed by atoms with Gasteiger partial charge in [-0.25, -0.2) is 4.79 Å². The standard InChI is InChI=1S/C13H16N2O3/c1-4-18-13(17)12(10(3)16)15-14-11-7-5-6-9(2)8-11/h5-8,16H,4H2,1-3H3/b12-10+,15-14?. The summed E-state index contributed by atoms with van der Waals surface area (Å²) in [4.78, 5) is 11.5. The Kier molecular flexibility index (Phi) is 5.05. The van der Waals surface area contributed by atoms with Gasteiger partial charge in [0.2, 0.25) is 5.70 Å². The van der Waals surface area contributed by atoms with Crippen molar-refractivity contribution in [2.75, 3.05) is 6.61 Å². The third kappa shape index (κ3) is 4.01. The van der Waals surface area contributed by atoms with Crippen LogP contribution in [0.5, 0.6) is 0 Å². The molecule has 0 saturated heterocycles. The number of carbonyl (C=O) groups is 1. The van der Waals surface area contributed by atoms with Crippen molar-refractivity contribution in [2.45, 2.75) is 20.8 Å². The van der Waals surface area contributed by atoms with Crippen molar-refractivity contribution in [3.8, 4) is 0 Å². The molecule has 5 nitrogen and oxygen atoms in total. The van der Waals surface area contributed by atoms with E-state index in [1.807, 2.05) is 25.1 Å². The van der Waals surface area contributed by atoms with Crippen LogP contribution in [0.4, 0.5) is 5.69 Å². The SMILES string of the molecule is CCOC(=O)/C(N=Nc1cccc(C)c1)=C(/C)O. The van der Waals surface area contributed by atoms with Crippen LogP contribution >= 0.6 is 0 Å². The highest BCUT2D eigenvalue weighted by Gasteiger charge is 2.13. The quantitative estimate of drug-likeness (QED) is 0.384. The first-order chi connectivity index (χ1) is 8.54. The molecule has 0 amide bonds. The molecule has 1 aromatic carbocycles. The molecule has 0 radical (unpaired) electrons. The molecule has 0 bridgehead atoms. The average molecular weight is 248 g/mol. The molecule has 0 unspecified atom stereocenters. The minimum absolute atomic E-state index is 0.182. The van der Waals surface area contributed by atoms with Gasteiger partial charge in [0.25, 0.3) is 0 Å². The topological polar surface area (TPSA) is 71.2 Å². The second-order valence-electron chi connectivity index (χ2n) is 3.69. The van der Waals surface area contributed by atoms with Gasteiger partial charge in [-0.15, -0.1) is 5.11 Å². The van der Waals surface area contributed by atoms with Gasteiger partial charge in [-0.05, 0) is 38.5 Å². The fraction of sp³-hybridized carbons (Fsp3) is 0.308. The van der Waals surface area contributed by atoms with Crippen LogP contribution in [0.15, 0.2) is 46.0 Å². The predicted octanol–water partition coefficient (Wildman–Crippen LogP) is 3.43. The predicted molar refractivity (Wildman–Crippen MR) is 67.7 cm³/mol. The summed E-state index contributed by atoms with van der Waals surface area (Å²) in [6, 6.07) is 7.34. The van der Waals surface area contributed by atoms with Crippen molar-refractivity contribution in [1.82, 2.24) is 0 Å². The molecule has 0 atom stereocenters. The summed E-state index contributed by atoms with van der Waals surface area (Å²) in [5.41, 5.74) is 1.46. The van der Waals surface area contributed by atoms with Crippen LogP contribution in [-0.2, 0) is 9.53 Å². The van der Waals surface area contributed by atoms with Crippen molar-refractivity contribution in [3.63, 3.8) is 0 Å². The Morgan fingerprint density at radius 2 is 2.17 bits per heavy atom. The number of hydrogen-bond donors (Lipinski definition) is 1. The van der Waals surface area contributed by atoms with Gasteiger partial charge in [0.1, 0.15) is 5.76 Å². The Hall–Kier alpha value is -2.17. The lowest BCUT2D eigenvalue weighted by Gasteiger charge is -2.02. The van der Waals surface area contributed by atoms with Crippen molar-refractivity contribution in [2.24, 2.45) is 10.2 Å². The molecule has 0 saturated carbocycles. The van der Waals surface area contributed by atoms with Crippen molar-refractivity contribution in [1.29, 1.82) is 0 Å². The van der Waals surface area contributed by atoms with Gasteiger partial charge in [-0.2, -0.15) is 5.11 Å². The molecule has 0 aliphatic carbocycles. The van der Waals surface area contributed by atoms with E-state index in [9.17, 15) is 9.90 Å². The highest BCUT2D eigenvalue weighted by molar-refractivity contribution is 5.88. The van der Waals surface area contributed by atoms with E-state index in [2.05, 4.69) is 10.2 Å². The second kappa shape index (κ2) is 6.54. The number of aliphatic hydroxyl groups is 1. The Morgan fingerprint density at radius 3 is 2.72 bits per heavy atom. The normalized spacial score (nSPS) is 12.4. The molecule has 18 heavy (non-hydrogen) atoms. The monoisotopic (exact) mass is 248 g/mol. The summed E-state index contributed by atoms with van der Waals surface area (Å²) in [7, 11) is 0. The summed E-state index contributed by atoms with van der Waals surface area (Å²) < 4.78 is 4.77. The molecule has 0 heterocycles. The lowest BCUT2D eigenvalue weighted by atomic mass is 10.2. The summed E-state index contributed by atoms with van der Waals surface area (Å²) in [6.07, 6.45) is 0. The van der Waals surface area contributed by atoms with Gasteiger partial charge in [-0.1, -0.05) is 12.1 Å². The molecule has 1 aromatic rings. The number of azo groups is 1. The fourth-order valence-corrected chi connectivity index (χ4v) is 1.26. The number of nitrogens with zero attached hydrogens (tertiary/aromatic N) is 2. The van der Waals surface area contributed by atoms with E-state index in [4.69, 9.17) is 4.74 Å².